The second-order valence-corrected chi connectivity index (χ2v) is 3.39. The van der Waals surface area contributed by atoms with E-state index in [0.717, 1.165) is 0 Å². The Bertz CT molecular complexity index is 524. The lowest BCUT2D eigenvalue weighted by Gasteiger charge is -1.96. The number of carbonyl (C=O) groups is 1. The summed E-state index contributed by atoms with van der Waals surface area (Å²) >= 11 is 5.97. The molecule has 0 fully saturated rings. The van der Waals surface area contributed by atoms with Crippen LogP contribution in [0.25, 0.3) is 11.4 Å². The number of nitrogens with zero attached hydrogens (tertiary/aromatic N) is 2. The highest BCUT2D eigenvalue weighted by molar-refractivity contribution is 6.33. The lowest BCUT2D eigenvalue weighted by atomic mass is 10.2. The smallest absolute Gasteiger partial charge is 0.375 e. The van der Waals surface area contributed by atoms with Crippen LogP contribution in [0, 0.1) is 0 Å². The third-order valence-corrected chi connectivity index (χ3v) is 2.31. The third-order valence-electron chi connectivity index (χ3n) is 1.98. The molecule has 0 spiro atoms. The van der Waals surface area contributed by atoms with Gasteiger partial charge >= 0.3 is 5.97 Å². The van der Waals surface area contributed by atoms with Gasteiger partial charge in [-0.25, -0.2) is 9.78 Å². The number of hydrogen-bond donors (Lipinski definition) is 1. The van der Waals surface area contributed by atoms with Crippen LogP contribution in [-0.2, 0) is 4.74 Å². The van der Waals surface area contributed by atoms with E-state index in [1.165, 1.54) is 7.11 Å². The molecule has 0 bridgehead atoms. The maximum absolute atomic E-state index is 11.2. The van der Waals surface area contributed by atoms with Crippen LogP contribution in [0.5, 0.6) is 0 Å². The van der Waals surface area contributed by atoms with E-state index >= 15 is 0 Å². The van der Waals surface area contributed by atoms with Gasteiger partial charge in [0.15, 0.2) is 5.82 Å². The molecule has 1 aromatic heterocycles. The number of aromatic amines is 1. The Morgan fingerprint density at radius 2 is 2.19 bits per heavy atom. The van der Waals surface area contributed by atoms with Gasteiger partial charge in [-0.15, -0.1) is 0 Å². The molecule has 1 N–H and O–H groups in total. The van der Waals surface area contributed by atoms with E-state index < -0.39 is 5.97 Å². The van der Waals surface area contributed by atoms with E-state index in [1.807, 2.05) is 6.07 Å². The number of esters is 1. The maximum Gasteiger partial charge on any atom is 0.375 e. The van der Waals surface area contributed by atoms with Crippen LogP contribution in [0.4, 0.5) is 0 Å². The average Bonchev–Trinajstić information content (AvgIpc) is 2.78. The molecule has 0 aliphatic carbocycles. The van der Waals surface area contributed by atoms with Crippen molar-refractivity contribution in [1.29, 1.82) is 0 Å². The number of aromatic nitrogens is 3. The summed E-state index contributed by atoms with van der Waals surface area (Å²) in [5.41, 5.74) is 0.663. The zero-order chi connectivity index (χ0) is 11.5. The predicted molar refractivity (Wildman–Crippen MR) is 58.2 cm³/mol. The largest absolute Gasteiger partial charge is 0.463 e. The maximum atomic E-state index is 11.2. The minimum Gasteiger partial charge on any atom is -0.463 e. The number of hydrogen-bond acceptors (Lipinski definition) is 4. The van der Waals surface area contributed by atoms with Crippen LogP contribution in [0.3, 0.4) is 0 Å². The number of nitrogens with one attached hydrogen (secondary N) is 1. The van der Waals surface area contributed by atoms with Gasteiger partial charge in [0.2, 0.25) is 5.82 Å². The first-order chi connectivity index (χ1) is 7.72. The summed E-state index contributed by atoms with van der Waals surface area (Å²) in [6, 6.07) is 7.12. The van der Waals surface area contributed by atoms with Crippen LogP contribution in [0.2, 0.25) is 5.02 Å². The minimum absolute atomic E-state index is 0.0532. The zero-order valence-electron chi connectivity index (χ0n) is 8.40. The fraction of sp³-hybridized carbons (Fsp3) is 0.100. The predicted octanol–water partition coefficient (Wildman–Crippen LogP) is 1.91. The molecule has 0 saturated carbocycles. The number of rotatable bonds is 2. The Morgan fingerprint density at radius 1 is 1.44 bits per heavy atom. The molecule has 1 heterocycles. The van der Waals surface area contributed by atoms with Crippen molar-refractivity contribution in [2.45, 2.75) is 0 Å². The number of ether oxygens (including phenoxy) is 1. The standard InChI is InChI=1S/C10H8ClN3O2/c1-16-10(15)9-12-8(13-14-9)6-4-2-3-5-7(6)11/h2-5H,1H3,(H,12,13,14). The monoisotopic (exact) mass is 237 g/mol. The second-order valence-electron chi connectivity index (χ2n) is 2.98. The molecule has 2 aromatic rings. The number of carbonyl (C=O) groups excluding carboxylic acids is 1. The molecule has 0 aliphatic rings. The first-order valence-electron chi connectivity index (χ1n) is 4.48. The van der Waals surface area contributed by atoms with Gasteiger partial charge < -0.3 is 4.74 Å². The van der Waals surface area contributed by atoms with Gasteiger partial charge in [-0.05, 0) is 12.1 Å². The first kappa shape index (κ1) is 10.6. The summed E-state index contributed by atoms with van der Waals surface area (Å²) in [6.45, 7) is 0. The molecule has 5 nitrogen and oxygen atoms in total. The molecule has 0 atom stereocenters. The molecule has 1 aromatic carbocycles. The van der Waals surface area contributed by atoms with E-state index in [-0.39, 0.29) is 5.82 Å². The van der Waals surface area contributed by atoms with E-state index in [4.69, 9.17) is 11.6 Å². The van der Waals surface area contributed by atoms with Crippen LogP contribution >= 0.6 is 11.6 Å². The topological polar surface area (TPSA) is 67.9 Å². The molecular formula is C10H8ClN3O2. The molecule has 16 heavy (non-hydrogen) atoms. The summed E-state index contributed by atoms with van der Waals surface area (Å²) in [5.74, 6) is -0.144. The lowest BCUT2D eigenvalue weighted by molar-refractivity contribution is 0.0587. The normalized spacial score (nSPS) is 10.1. The Balaban J connectivity index is 2.39. The molecule has 0 saturated heterocycles. The average molecular weight is 238 g/mol. The van der Waals surface area contributed by atoms with Crippen molar-refractivity contribution >= 4 is 17.6 Å². The first-order valence-corrected chi connectivity index (χ1v) is 4.86. The van der Waals surface area contributed by atoms with Gasteiger partial charge in [-0.1, -0.05) is 23.7 Å². The van der Waals surface area contributed by atoms with Crippen molar-refractivity contribution in [2.24, 2.45) is 0 Å². The molecular weight excluding hydrogens is 230 g/mol. The van der Waals surface area contributed by atoms with Crippen molar-refractivity contribution < 1.29 is 9.53 Å². The summed E-state index contributed by atoms with van der Waals surface area (Å²) in [6.07, 6.45) is 0. The summed E-state index contributed by atoms with van der Waals surface area (Å²) in [5, 5.41) is 6.91. The highest BCUT2D eigenvalue weighted by Crippen LogP contribution is 2.24. The lowest BCUT2D eigenvalue weighted by Crippen LogP contribution is -2.03. The fourth-order valence-corrected chi connectivity index (χ4v) is 1.43. The van der Waals surface area contributed by atoms with E-state index in [1.54, 1.807) is 18.2 Å². The highest BCUT2D eigenvalue weighted by atomic mass is 35.5. The van der Waals surface area contributed by atoms with Gasteiger partial charge in [0, 0.05) is 5.56 Å². The van der Waals surface area contributed by atoms with Crippen LogP contribution in [-0.4, -0.2) is 28.3 Å². The Morgan fingerprint density at radius 3 is 2.88 bits per heavy atom. The number of halogens is 1. The van der Waals surface area contributed by atoms with E-state index in [0.29, 0.717) is 16.4 Å². The summed E-state index contributed by atoms with van der Waals surface area (Å²) in [4.78, 5) is 15.1. The van der Waals surface area contributed by atoms with Gasteiger partial charge in [0.25, 0.3) is 0 Å². The molecule has 2 rings (SSSR count). The minimum atomic E-state index is -0.564. The zero-order valence-corrected chi connectivity index (χ0v) is 9.15. The van der Waals surface area contributed by atoms with Crippen molar-refractivity contribution in [1.82, 2.24) is 15.2 Å². The SMILES string of the molecule is COC(=O)c1nc(-c2ccccc2Cl)n[nH]1. The number of benzene rings is 1. The number of H-pyrrole nitrogens is 1. The van der Waals surface area contributed by atoms with E-state index in [2.05, 4.69) is 19.9 Å². The second kappa shape index (κ2) is 4.32. The highest BCUT2D eigenvalue weighted by Gasteiger charge is 2.14. The number of methoxy groups -OCH3 is 1. The Hall–Kier alpha value is -1.88. The molecule has 0 unspecified atom stereocenters. The van der Waals surface area contributed by atoms with Crippen LogP contribution in [0.1, 0.15) is 10.6 Å². The van der Waals surface area contributed by atoms with Gasteiger partial charge in [0.1, 0.15) is 0 Å². The van der Waals surface area contributed by atoms with Gasteiger partial charge in [-0.3, -0.25) is 5.10 Å². The van der Waals surface area contributed by atoms with Crippen LogP contribution in [0.15, 0.2) is 24.3 Å². The van der Waals surface area contributed by atoms with Crippen molar-refractivity contribution in [3.05, 3.63) is 35.1 Å². The van der Waals surface area contributed by atoms with Crippen molar-refractivity contribution in [3.63, 3.8) is 0 Å². The van der Waals surface area contributed by atoms with Gasteiger partial charge in [-0.2, -0.15) is 5.10 Å². The summed E-state index contributed by atoms with van der Waals surface area (Å²) < 4.78 is 4.51. The van der Waals surface area contributed by atoms with Crippen LogP contribution < -0.4 is 0 Å². The molecule has 82 valence electrons. The van der Waals surface area contributed by atoms with Crippen molar-refractivity contribution in [2.75, 3.05) is 7.11 Å². The molecule has 6 heteroatoms. The fourth-order valence-electron chi connectivity index (χ4n) is 1.21. The molecule has 0 aliphatic heterocycles. The quantitative estimate of drug-likeness (QED) is 0.811. The molecule has 0 radical (unpaired) electrons. The molecule has 0 amide bonds. The third kappa shape index (κ3) is 1.90. The van der Waals surface area contributed by atoms with Gasteiger partial charge in [0.05, 0.1) is 12.1 Å². The Labute approximate surface area is 96.4 Å². The van der Waals surface area contributed by atoms with Crippen molar-refractivity contribution in [3.8, 4) is 11.4 Å². The Kier molecular flexibility index (Phi) is 2.87. The van der Waals surface area contributed by atoms with E-state index in [9.17, 15) is 4.79 Å². The summed E-state index contributed by atoms with van der Waals surface area (Å²) in [7, 11) is 1.28.